The monoisotopic (exact) mass is 235 g/mol. The Labute approximate surface area is 103 Å². The Morgan fingerprint density at radius 3 is 2.71 bits per heavy atom. The standard InChI is InChI=1S/C14H21NO2/c1-5-8-15-11(3)14(16)12-6-7-13(17-4)10(2)9-12/h6-7,9,11,15H,5,8H2,1-4H3. The van der Waals surface area contributed by atoms with Gasteiger partial charge in [0.2, 0.25) is 0 Å². The van der Waals surface area contributed by atoms with Gasteiger partial charge in [0.25, 0.3) is 0 Å². The van der Waals surface area contributed by atoms with Gasteiger partial charge < -0.3 is 10.1 Å². The van der Waals surface area contributed by atoms with Crippen LogP contribution >= 0.6 is 0 Å². The number of methoxy groups -OCH3 is 1. The lowest BCUT2D eigenvalue weighted by atomic mass is 10.0. The summed E-state index contributed by atoms with van der Waals surface area (Å²) >= 11 is 0. The van der Waals surface area contributed by atoms with E-state index in [2.05, 4.69) is 12.2 Å². The van der Waals surface area contributed by atoms with Gasteiger partial charge in [-0.15, -0.1) is 0 Å². The lowest BCUT2D eigenvalue weighted by Gasteiger charge is -2.13. The summed E-state index contributed by atoms with van der Waals surface area (Å²) in [6.07, 6.45) is 1.03. The maximum atomic E-state index is 12.1. The van der Waals surface area contributed by atoms with Crippen LogP contribution in [-0.4, -0.2) is 25.5 Å². The molecule has 3 nitrogen and oxygen atoms in total. The Morgan fingerprint density at radius 1 is 1.47 bits per heavy atom. The van der Waals surface area contributed by atoms with Crippen molar-refractivity contribution < 1.29 is 9.53 Å². The molecule has 17 heavy (non-hydrogen) atoms. The number of carbonyl (C=O) groups is 1. The van der Waals surface area contributed by atoms with Crippen molar-refractivity contribution in [2.24, 2.45) is 0 Å². The Morgan fingerprint density at radius 2 is 2.18 bits per heavy atom. The van der Waals surface area contributed by atoms with Crippen molar-refractivity contribution in [1.29, 1.82) is 0 Å². The van der Waals surface area contributed by atoms with Crippen LogP contribution in [0.5, 0.6) is 5.75 Å². The average molecular weight is 235 g/mol. The summed E-state index contributed by atoms with van der Waals surface area (Å²) in [5.41, 5.74) is 1.72. The molecule has 0 amide bonds. The zero-order chi connectivity index (χ0) is 12.8. The van der Waals surface area contributed by atoms with E-state index in [4.69, 9.17) is 4.74 Å². The highest BCUT2D eigenvalue weighted by Crippen LogP contribution is 2.19. The Bertz CT molecular complexity index is 388. The molecule has 0 fully saturated rings. The number of nitrogens with one attached hydrogen (secondary N) is 1. The van der Waals surface area contributed by atoms with Gasteiger partial charge in [0, 0.05) is 5.56 Å². The number of benzene rings is 1. The molecule has 0 radical (unpaired) electrons. The number of hydrogen-bond acceptors (Lipinski definition) is 3. The maximum Gasteiger partial charge on any atom is 0.179 e. The van der Waals surface area contributed by atoms with E-state index < -0.39 is 0 Å². The molecule has 0 spiro atoms. The van der Waals surface area contributed by atoms with Crippen molar-refractivity contribution >= 4 is 5.78 Å². The minimum atomic E-state index is -0.136. The van der Waals surface area contributed by atoms with Gasteiger partial charge in [0.15, 0.2) is 5.78 Å². The molecule has 0 saturated heterocycles. The fraction of sp³-hybridized carbons (Fsp3) is 0.500. The van der Waals surface area contributed by atoms with E-state index in [1.54, 1.807) is 7.11 Å². The van der Waals surface area contributed by atoms with E-state index in [9.17, 15) is 4.79 Å². The van der Waals surface area contributed by atoms with Crippen LogP contribution in [0.1, 0.15) is 36.2 Å². The number of ether oxygens (including phenoxy) is 1. The molecule has 0 aliphatic carbocycles. The summed E-state index contributed by atoms with van der Waals surface area (Å²) in [6, 6.07) is 5.40. The van der Waals surface area contributed by atoms with Gasteiger partial charge in [-0.3, -0.25) is 4.79 Å². The molecular weight excluding hydrogens is 214 g/mol. The van der Waals surface area contributed by atoms with Crippen molar-refractivity contribution in [2.75, 3.05) is 13.7 Å². The molecule has 0 aromatic heterocycles. The summed E-state index contributed by atoms with van der Waals surface area (Å²) < 4.78 is 5.18. The first kappa shape index (κ1) is 13.7. The second-order valence-electron chi connectivity index (χ2n) is 4.22. The third-order valence-electron chi connectivity index (χ3n) is 2.77. The van der Waals surface area contributed by atoms with E-state index in [-0.39, 0.29) is 11.8 Å². The minimum absolute atomic E-state index is 0.129. The normalized spacial score (nSPS) is 12.2. The van der Waals surface area contributed by atoms with Gasteiger partial charge >= 0.3 is 0 Å². The van der Waals surface area contributed by atoms with Crippen LogP contribution in [0.25, 0.3) is 0 Å². The highest BCUT2D eigenvalue weighted by Gasteiger charge is 2.14. The Hall–Kier alpha value is -1.35. The number of aryl methyl sites for hydroxylation is 1. The molecule has 1 aromatic carbocycles. The molecule has 0 bridgehead atoms. The van der Waals surface area contributed by atoms with Crippen molar-refractivity contribution in [3.05, 3.63) is 29.3 Å². The average Bonchev–Trinajstić information content (AvgIpc) is 2.34. The van der Waals surface area contributed by atoms with Crippen LogP contribution in [0.3, 0.4) is 0 Å². The Kier molecular flexibility index (Phi) is 5.16. The number of hydrogen-bond donors (Lipinski definition) is 1. The first-order valence-corrected chi connectivity index (χ1v) is 6.02. The lowest BCUT2D eigenvalue weighted by molar-refractivity contribution is 0.0951. The van der Waals surface area contributed by atoms with Gasteiger partial charge in [-0.2, -0.15) is 0 Å². The van der Waals surface area contributed by atoms with Crippen molar-refractivity contribution in [2.45, 2.75) is 33.2 Å². The third-order valence-corrected chi connectivity index (χ3v) is 2.77. The van der Waals surface area contributed by atoms with Crippen molar-refractivity contribution in [3.63, 3.8) is 0 Å². The molecule has 3 heteroatoms. The van der Waals surface area contributed by atoms with Crippen molar-refractivity contribution in [3.8, 4) is 5.75 Å². The maximum absolute atomic E-state index is 12.1. The predicted octanol–water partition coefficient (Wildman–Crippen LogP) is 2.57. The topological polar surface area (TPSA) is 38.3 Å². The van der Waals surface area contributed by atoms with E-state index in [1.165, 1.54) is 0 Å². The molecule has 1 aromatic rings. The molecule has 0 saturated carbocycles. The summed E-state index contributed by atoms with van der Waals surface area (Å²) in [5, 5.41) is 3.20. The molecule has 1 N–H and O–H groups in total. The highest BCUT2D eigenvalue weighted by atomic mass is 16.5. The van der Waals surface area contributed by atoms with E-state index in [0.717, 1.165) is 29.8 Å². The number of rotatable bonds is 6. The highest BCUT2D eigenvalue weighted by molar-refractivity contribution is 6.00. The number of ketones is 1. The Balaban J connectivity index is 2.78. The van der Waals surface area contributed by atoms with Gasteiger partial charge in [0.1, 0.15) is 5.75 Å². The fourth-order valence-electron chi connectivity index (χ4n) is 1.74. The summed E-state index contributed by atoms with van der Waals surface area (Å²) in [7, 11) is 1.63. The van der Waals surface area contributed by atoms with Crippen LogP contribution in [0, 0.1) is 6.92 Å². The SMILES string of the molecule is CCCNC(C)C(=O)c1ccc(OC)c(C)c1. The molecule has 1 unspecified atom stereocenters. The van der Waals surface area contributed by atoms with Gasteiger partial charge in [-0.05, 0) is 50.6 Å². The predicted molar refractivity (Wildman–Crippen MR) is 69.8 cm³/mol. The number of Topliss-reactive ketones (excluding diaryl/α,β-unsaturated/α-hetero) is 1. The molecular formula is C14H21NO2. The molecule has 1 atom stereocenters. The van der Waals surface area contributed by atoms with E-state index in [0.29, 0.717) is 0 Å². The largest absolute Gasteiger partial charge is 0.496 e. The number of carbonyl (C=O) groups excluding carboxylic acids is 1. The minimum Gasteiger partial charge on any atom is -0.496 e. The van der Waals surface area contributed by atoms with E-state index >= 15 is 0 Å². The van der Waals surface area contributed by atoms with Crippen LogP contribution < -0.4 is 10.1 Å². The van der Waals surface area contributed by atoms with Gasteiger partial charge in [-0.25, -0.2) is 0 Å². The lowest BCUT2D eigenvalue weighted by Crippen LogP contribution is -2.34. The quantitative estimate of drug-likeness (QED) is 0.770. The second-order valence-corrected chi connectivity index (χ2v) is 4.22. The summed E-state index contributed by atoms with van der Waals surface area (Å²) in [6.45, 7) is 6.79. The smallest absolute Gasteiger partial charge is 0.179 e. The second kappa shape index (κ2) is 6.40. The zero-order valence-corrected chi connectivity index (χ0v) is 11.0. The molecule has 0 aliphatic rings. The first-order chi connectivity index (χ1) is 8.10. The first-order valence-electron chi connectivity index (χ1n) is 6.02. The van der Waals surface area contributed by atoms with Crippen LogP contribution in [0.4, 0.5) is 0 Å². The molecule has 1 rings (SSSR count). The van der Waals surface area contributed by atoms with E-state index in [1.807, 2.05) is 32.0 Å². The fourth-order valence-corrected chi connectivity index (χ4v) is 1.74. The molecule has 94 valence electrons. The summed E-state index contributed by atoms with van der Waals surface area (Å²) in [5.74, 6) is 0.944. The van der Waals surface area contributed by atoms with Crippen LogP contribution in [0.2, 0.25) is 0 Å². The van der Waals surface area contributed by atoms with Gasteiger partial charge in [-0.1, -0.05) is 6.92 Å². The van der Waals surface area contributed by atoms with Crippen LogP contribution in [0.15, 0.2) is 18.2 Å². The van der Waals surface area contributed by atoms with Crippen LogP contribution in [-0.2, 0) is 0 Å². The zero-order valence-electron chi connectivity index (χ0n) is 11.0. The summed E-state index contributed by atoms with van der Waals surface area (Å²) in [4.78, 5) is 12.1. The van der Waals surface area contributed by atoms with Gasteiger partial charge in [0.05, 0.1) is 13.2 Å². The van der Waals surface area contributed by atoms with Crippen molar-refractivity contribution in [1.82, 2.24) is 5.32 Å². The third kappa shape index (κ3) is 3.56. The molecule has 0 aliphatic heterocycles. The molecule has 0 heterocycles.